The molecule has 4 heteroatoms. The van der Waals surface area contributed by atoms with Crippen molar-refractivity contribution in [3.8, 4) is 0 Å². The Labute approximate surface area is 108 Å². The van der Waals surface area contributed by atoms with E-state index in [4.69, 9.17) is 4.74 Å². The van der Waals surface area contributed by atoms with Crippen molar-refractivity contribution >= 4 is 5.91 Å². The smallest absolute Gasteiger partial charge is 0.254 e. The van der Waals surface area contributed by atoms with Crippen molar-refractivity contribution in [1.82, 2.24) is 10.2 Å². The molecule has 1 unspecified atom stereocenters. The lowest BCUT2D eigenvalue weighted by molar-refractivity contribution is -0.0196. The van der Waals surface area contributed by atoms with Gasteiger partial charge in [-0.2, -0.15) is 0 Å². The lowest BCUT2D eigenvalue weighted by Gasteiger charge is -2.33. The van der Waals surface area contributed by atoms with Gasteiger partial charge in [0.15, 0.2) is 0 Å². The molecule has 0 aromatic heterocycles. The number of likely N-dealkylation sites (N-methyl/N-ethyl adjacent to an activating group) is 1. The lowest BCUT2D eigenvalue weighted by atomic mass is 10.1. The predicted octanol–water partition coefficient (Wildman–Crippen LogP) is 1.06. The second kappa shape index (κ2) is 5.98. The van der Waals surface area contributed by atoms with Crippen LogP contribution in [0.15, 0.2) is 24.3 Å². The molecule has 1 fully saturated rings. The largest absolute Gasteiger partial charge is 0.373 e. The second-order valence-electron chi connectivity index (χ2n) is 4.62. The molecule has 4 nitrogen and oxygen atoms in total. The molecular formula is C14H20N2O2. The summed E-state index contributed by atoms with van der Waals surface area (Å²) in [6.07, 6.45) is 0.0942. The van der Waals surface area contributed by atoms with Crippen molar-refractivity contribution in [3.63, 3.8) is 0 Å². The number of carbonyl (C=O) groups is 1. The standard InChI is InChI=1S/C14H20N2O2/c1-11-5-3-4-6-13(11)14(17)16-7-8-18-12(10-16)9-15-2/h3-6,12,15H,7-10H2,1-2H3. The number of aryl methyl sites for hydroxylation is 1. The number of rotatable bonds is 3. The van der Waals surface area contributed by atoms with E-state index in [2.05, 4.69) is 5.32 Å². The lowest BCUT2D eigenvalue weighted by Crippen LogP contribution is -2.48. The molecule has 1 aromatic carbocycles. The Hall–Kier alpha value is -1.39. The third kappa shape index (κ3) is 2.89. The van der Waals surface area contributed by atoms with Gasteiger partial charge in [0.25, 0.3) is 5.91 Å². The van der Waals surface area contributed by atoms with Crippen molar-refractivity contribution in [2.45, 2.75) is 13.0 Å². The highest BCUT2D eigenvalue weighted by atomic mass is 16.5. The Balaban J connectivity index is 2.07. The molecule has 1 saturated heterocycles. The molecule has 2 rings (SSSR count). The summed E-state index contributed by atoms with van der Waals surface area (Å²) in [6, 6.07) is 7.72. The summed E-state index contributed by atoms with van der Waals surface area (Å²) in [6.45, 7) is 4.70. The third-order valence-electron chi connectivity index (χ3n) is 3.23. The molecule has 0 spiro atoms. The van der Waals surface area contributed by atoms with E-state index >= 15 is 0 Å². The van der Waals surface area contributed by atoms with Crippen LogP contribution in [0.25, 0.3) is 0 Å². The second-order valence-corrected chi connectivity index (χ2v) is 4.62. The van der Waals surface area contributed by atoms with Gasteiger partial charge in [0.05, 0.1) is 12.7 Å². The number of amides is 1. The highest BCUT2D eigenvalue weighted by Crippen LogP contribution is 2.13. The van der Waals surface area contributed by atoms with Gasteiger partial charge in [-0.05, 0) is 25.6 Å². The number of morpholine rings is 1. The molecule has 1 aliphatic heterocycles. The topological polar surface area (TPSA) is 41.6 Å². The fourth-order valence-corrected chi connectivity index (χ4v) is 2.24. The van der Waals surface area contributed by atoms with Crippen LogP contribution in [0.5, 0.6) is 0 Å². The average molecular weight is 248 g/mol. The van der Waals surface area contributed by atoms with E-state index in [1.807, 2.05) is 43.1 Å². The number of nitrogens with zero attached hydrogens (tertiary/aromatic N) is 1. The number of nitrogens with one attached hydrogen (secondary N) is 1. The monoisotopic (exact) mass is 248 g/mol. The zero-order valence-corrected chi connectivity index (χ0v) is 11.0. The first-order valence-corrected chi connectivity index (χ1v) is 6.33. The fourth-order valence-electron chi connectivity index (χ4n) is 2.24. The van der Waals surface area contributed by atoms with Crippen LogP contribution in [-0.4, -0.2) is 50.2 Å². The van der Waals surface area contributed by atoms with Gasteiger partial charge in [-0.25, -0.2) is 0 Å². The van der Waals surface area contributed by atoms with E-state index < -0.39 is 0 Å². The summed E-state index contributed by atoms with van der Waals surface area (Å²) in [5.41, 5.74) is 1.82. The first kappa shape index (κ1) is 13.1. The maximum atomic E-state index is 12.4. The molecule has 0 aliphatic carbocycles. The van der Waals surface area contributed by atoms with Gasteiger partial charge in [-0.3, -0.25) is 4.79 Å². The highest BCUT2D eigenvalue weighted by Gasteiger charge is 2.25. The molecule has 0 saturated carbocycles. The summed E-state index contributed by atoms with van der Waals surface area (Å²) in [5, 5.41) is 3.09. The molecule has 1 heterocycles. The molecule has 1 N–H and O–H groups in total. The molecule has 1 aromatic rings. The van der Waals surface area contributed by atoms with E-state index in [9.17, 15) is 4.79 Å². The number of hydrogen-bond acceptors (Lipinski definition) is 3. The first-order valence-electron chi connectivity index (χ1n) is 6.33. The summed E-state index contributed by atoms with van der Waals surface area (Å²) < 4.78 is 5.61. The summed E-state index contributed by atoms with van der Waals surface area (Å²) in [5.74, 6) is 0.109. The van der Waals surface area contributed by atoms with Crippen molar-refractivity contribution in [1.29, 1.82) is 0 Å². The maximum absolute atomic E-state index is 12.4. The van der Waals surface area contributed by atoms with Crippen LogP contribution in [0.4, 0.5) is 0 Å². The fraction of sp³-hybridized carbons (Fsp3) is 0.500. The summed E-state index contributed by atoms with van der Waals surface area (Å²) in [7, 11) is 1.89. The third-order valence-corrected chi connectivity index (χ3v) is 3.23. The van der Waals surface area contributed by atoms with Crippen molar-refractivity contribution in [2.24, 2.45) is 0 Å². The summed E-state index contributed by atoms with van der Waals surface area (Å²) in [4.78, 5) is 14.3. The molecule has 1 aliphatic rings. The van der Waals surface area contributed by atoms with E-state index in [1.54, 1.807) is 0 Å². The van der Waals surface area contributed by atoms with E-state index in [1.165, 1.54) is 0 Å². The SMILES string of the molecule is CNCC1CN(C(=O)c2ccccc2C)CCO1. The zero-order valence-electron chi connectivity index (χ0n) is 11.0. The van der Waals surface area contributed by atoms with E-state index in [-0.39, 0.29) is 12.0 Å². The predicted molar refractivity (Wildman–Crippen MR) is 70.7 cm³/mol. The Morgan fingerprint density at radius 3 is 3.00 bits per heavy atom. The van der Waals surface area contributed by atoms with Crippen molar-refractivity contribution in [2.75, 3.05) is 33.3 Å². The Morgan fingerprint density at radius 2 is 2.28 bits per heavy atom. The Morgan fingerprint density at radius 1 is 1.50 bits per heavy atom. The minimum atomic E-state index is 0.0942. The number of hydrogen-bond donors (Lipinski definition) is 1. The Bertz CT molecular complexity index is 418. The molecule has 18 heavy (non-hydrogen) atoms. The van der Waals surface area contributed by atoms with E-state index in [0.29, 0.717) is 19.7 Å². The van der Waals surface area contributed by atoms with Crippen LogP contribution in [-0.2, 0) is 4.74 Å². The van der Waals surface area contributed by atoms with Gasteiger partial charge in [-0.1, -0.05) is 18.2 Å². The van der Waals surface area contributed by atoms with Crippen LogP contribution in [0, 0.1) is 6.92 Å². The molecule has 1 atom stereocenters. The van der Waals surface area contributed by atoms with Crippen LogP contribution in [0.2, 0.25) is 0 Å². The van der Waals surface area contributed by atoms with Gasteiger partial charge in [0.2, 0.25) is 0 Å². The van der Waals surface area contributed by atoms with Crippen molar-refractivity contribution in [3.05, 3.63) is 35.4 Å². The molecular weight excluding hydrogens is 228 g/mol. The number of ether oxygens (including phenoxy) is 1. The number of carbonyl (C=O) groups excluding carboxylic acids is 1. The van der Waals surface area contributed by atoms with Crippen LogP contribution in [0.3, 0.4) is 0 Å². The number of benzene rings is 1. The minimum absolute atomic E-state index is 0.0942. The van der Waals surface area contributed by atoms with Gasteiger partial charge in [0.1, 0.15) is 0 Å². The summed E-state index contributed by atoms with van der Waals surface area (Å²) >= 11 is 0. The van der Waals surface area contributed by atoms with Gasteiger partial charge >= 0.3 is 0 Å². The molecule has 98 valence electrons. The van der Waals surface area contributed by atoms with Crippen LogP contribution in [0.1, 0.15) is 15.9 Å². The van der Waals surface area contributed by atoms with Crippen LogP contribution >= 0.6 is 0 Å². The van der Waals surface area contributed by atoms with Gasteiger partial charge < -0.3 is 15.0 Å². The van der Waals surface area contributed by atoms with Crippen LogP contribution < -0.4 is 5.32 Å². The zero-order chi connectivity index (χ0) is 13.0. The van der Waals surface area contributed by atoms with E-state index in [0.717, 1.165) is 17.7 Å². The quantitative estimate of drug-likeness (QED) is 0.869. The highest BCUT2D eigenvalue weighted by molar-refractivity contribution is 5.95. The molecule has 0 radical (unpaired) electrons. The average Bonchev–Trinajstić information content (AvgIpc) is 2.39. The van der Waals surface area contributed by atoms with Gasteiger partial charge in [0, 0.05) is 25.2 Å². The minimum Gasteiger partial charge on any atom is -0.373 e. The first-order chi connectivity index (χ1) is 8.72. The van der Waals surface area contributed by atoms with Crippen molar-refractivity contribution < 1.29 is 9.53 Å². The normalized spacial score (nSPS) is 19.9. The molecule has 0 bridgehead atoms. The maximum Gasteiger partial charge on any atom is 0.254 e. The van der Waals surface area contributed by atoms with Gasteiger partial charge in [-0.15, -0.1) is 0 Å². The Kier molecular flexibility index (Phi) is 4.33. The molecule has 1 amide bonds.